The molecule has 0 saturated heterocycles. The molecule has 3 aromatic carbocycles. The third-order valence-electron chi connectivity index (χ3n) is 5.39. The van der Waals surface area contributed by atoms with Crippen LogP contribution in [0, 0.1) is 13.8 Å². The molecule has 4 rings (SSSR count). The number of anilines is 2. The molecule has 0 aliphatic carbocycles. The van der Waals surface area contributed by atoms with Crippen molar-refractivity contribution in [2.75, 3.05) is 23.5 Å². The molecule has 0 fully saturated rings. The smallest absolute Gasteiger partial charge is 0.234 e. The standard InChI is InChI=1S/C26H26ClN5O2S/c1-17-8-7-9-18(2)25(17)28-15-23-30-31-26(32(23)20-10-5-4-6-11-20)35-16-24(33)29-21-14-19(27)12-13-22(21)34-3/h4-14,28H,15-16H2,1-3H3,(H,29,33). The van der Waals surface area contributed by atoms with E-state index in [0.717, 1.165) is 17.2 Å². The van der Waals surface area contributed by atoms with Gasteiger partial charge in [0.05, 0.1) is 25.1 Å². The number of amides is 1. The van der Waals surface area contributed by atoms with Crippen molar-refractivity contribution < 1.29 is 9.53 Å². The molecule has 0 saturated carbocycles. The zero-order valence-corrected chi connectivity index (χ0v) is 21.3. The highest BCUT2D eigenvalue weighted by Gasteiger charge is 2.17. The number of hydrogen-bond acceptors (Lipinski definition) is 6. The molecule has 7 nitrogen and oxygen atoms in total. The van der Waals surface area contributed by atoms with Crippen LogP contribution < -0.4 is 15.4 Å². The molecule has 1 heterocycles. The van der Waals surface area contributed by atoms with Gasteiger partial charge < -0.3 is 15.4 Å². The van der Waals surface area contributed by atoms with Crippen LogP contribution in [0.25, 0.3) is 5.69 Å². The molecule has 0 radical (unpaired) electrons. The summed E-state index contributed by atoms with van der Waals surface area (Å²) >= 11 is 7.39. The lowest BCUT2D eigenvalue weighted by molar-refractivity contribution is -0.113. The maximum atomic E-state index is 12.7. The third kappa shape index (κ3) is 5.96. The zero-order valence-electron chi connectivity index (χ0n) is 19.7. The number of methoxy groups -OCH3 is 1. The van der Waals surface area contributed by atoms with E-state index in [2.05, 4.69) is 46.8 Å². The summed E-state index contributed by atoms with van der Waals surface area (Å²) in [6.45, 7) is 4.64. The number of carbonyl (C=O) groups excluding carboxylic acids is 1. The third-order valence-corrected chi connectivity index (χ3v) is 6.55. The van der Waals surface area contributed by atoms with Gasteiger partial charge in [-0.15, -0.1) is 10.2 Å². The SMILES string of the molecule is COc1ccc(Cl)cc1NC(=O)CSc1nnc(CNc2c(C)cccc2C)n1-c1ccccc1. The number of rotatable bonds is 9. The molecule has 180 valence electrons. The second kappa shape index (κ2) is 11.3. The summed E-state index contributed by atoms with van der Waals surface area (Å²) in [6, 6.07) is 21.1. The van der Waals surface area contributed by atoms with Gasteiger partial charge in [-0.25, -0.2) is 0 Å². The lowest BCUT2D eigenvalue weighted by atomic mass is 10.1. The average Bonchev–Trinajstić information content (AvgIpc) is 3.26. The molecule has 0 aliphatic heterocycles. The minimum atomic E-state index is -0.201. The topological polar surface area (TPSA) is 81.1 Å². The Morgan fingerprint density at radius 2 is 1.77 bits per heavy atom. The molecule has 1 aromatic heterocycles. The number of hydrogen-bond donors (Lipinski definition) is 2. The van der Waals surface area contributed by atoms with Crippen LogP contribution in [0.15, 0.2) is 71.9 Å². The van der Waals surface area contributed by atoms with E-state index in [1.165, 1.54) is 22.9 Å². The maximum absolute atomic E-state index is 12.7. The number of halogens is 1. The van der Waals surface area contributed by atoms with Crippen molar-refractivity contribution in [3.05, 3.63) is 88.7 Å². The van der Waals surface area contributed by atoms with Crippen LogP contribution in [0.2, 0.25) is 5.02 Å². The van der Waals surface area contributed by atoms with Gasteiger partial charge in [0.1, 0.15) is 5.75 Å². The summed E-state index contributed by atoms with van der Waals surface area (Å²) in [5.74, 6) is 1.23. The first kappa shape index (κ1) is 24.6. The molecule has 2 N–H and O–H groups in total. The number of aryl methyl sites for hydroxylation is 2. The first-order chi connectivity index (χ1) is 17.0. The second-order valence-corrected chi connectivity index (χ2v) is 9.25. The van der Waals surface area contributed by atoms with Crippen LogP contribution in [0.4, 0.5) is 11.4 Å². The molecule has 9 heteroatoms. The lowest BCUT2D eigenvalue weighted by Crippen LogP contribution is -2.15. The Bertz CT molecular complexity index is 1310. The molecule has 1 amide bonds. The van der Waals surface area contributed by atoms with Crippen molar-refractivity contribution in [3.63, 3.8) is 0 Å². The van der Waals surface area contributed by atoms with Crippen molar-refractivity contribution in [2.45, 2.75) is 25.5 Å². The molecule has 0 atom stereocenters. The van der Waals surface area contributed by atoms with E-state index >= 15 is 0 Å². The molecule has 0 spiro atoms. The quantitative estimate of drug-likeness (QED) is 0.275. The van der Waals surface area contributed by atoms with E-state index in [-0.39, 0.29) is 11.7 Å². The van der Waals surface area contributed by atoms with Gasteiger partial charge in [-0.05, 0) is 55.3 Å². The van der Waals surface area contributed by atoms with Gasteiger partial charge in [-0.1, -0.05) is 59.8 Å². The average molecular weight is 508 g/mol. The van der Waals surface area contributed by atoms with E-state index in [4.69, 9.17) is 16.3 Å². The highest BCUT2D eigenvalue weighted by molar-refractivity contribution is 7.99. The Morgan fingerprint density at radius 1 is 1.03 bits per heavy atom. The van der Waals surface area contributed by atoms with Gasteiger partial charge in [0.25, 0.3) is 0 Å². The van der Waals surface area contributed by atoms with Gasteiger partial charge in [0.15, 0.2) is 11.0 Å². The number of para-hydroxylation sites is 2. The Balaban J connectivity index is 1.52. The van der Waals surface area contributed by atoms with Crippen molar-refractivity contribution in [3.8, 4) is 11.4 Å². The molecule has 4 aromatic rings. The van der Waals surface area contributed by atoms with Crippen LogP contribution in [0.3, 0.4) is 0 Å². The summed E-state index contributed by atoms with van der Waals surface area (Å²) in [4.78, 5) is 12.7. The van der Waals surface area contributed by atoms with Crippen molar-refractivity contribution in [2.24, 2.45) is 0 Å². The van der Waals surface area contributed by atoms with Crippen LogP contribution in [-0.2, 0) is 11.3 Å². The molecule has 0 bridgehead atoms. The van der Waals surface area contributed by atoms with Gasteiger partial charge in [0.2, 0.25) is 5.91 Å². The first-order valence-corrected chi connectivity index (χ1v) is 12.4. The normalized spacial score (nSPS) is 10.7. The number of ether oxygens (including phenoxy) is 1. The summed E-state index contributed by atoms with van der Waals surface area (Å²) in [5.41, 5.74) is 4.86. The molecular formula is C26H26ClN5O2S. The van der Waals surface area contributed by atoms with Crippen LogP contribution in [0.1, 0.15) is 17.0 Å². The molecule has 35 heavy (non-hydrogen) atoms. The zero-order chi connectivity index (χ0) is 24.8. The molecule has 0 unspecified atom stereocenters. The molecular weight excluding hydrogens is 482 g/mol. The van der Waals surface area contributed by atoms with E-state index in [9.17, 15) is 4.79 Å². The number of thioether (sulfide) groups is 1. The fraction of sp³-hybridized carbons (Fsp3) is 0.192. The van der Waals surface area contributed by atoms with Crippen LogP contribution >= 0.6 is 23.4 Å². The fourth-order valence-electron chi connectivity index (χ4n) is 3.70. The Kier molecular flexibility index (Phi) is 7.94. The second-order valence-electron chi connectivity index (χ2n) is 7.87. The Labute approximate surface area is 213 Å². The van der Waals surface area contributed by atoms with E-state index in [1.807, 2.05) is 41.0 Å². The van der Waals surface area contributed by atoms with Crippen LogP contribution in [-0.4, -0.2) is 33.5 Å². The van der Waals surface area contributed by atoms with E-state index < -0.39 is 0 Å². The van der Waals surface area contributed by atoms with E-state index in [0.29, 0.717) is 28.2 Å². The number of nitrogens with one attached hydrogen (secondary N) is 2. The van der Waals surface area contributed by atoms with Crippen LogP contribution in [0.5, 0.6) is 5.75 Å². The summed E-state index contributed by atoms with van der Waals surface area (Å²) in [6.07, 6.45) is 0. The molecule has 0 aliphatic rings. The summed E-state index contributed by atoms with van der Waals surface area (Å²) in [7, 11) is 1.55. The predicted octanol–water partition coefficient (Wildman–Crippen LogP) is 5.89. The monoisotopic (exact) mass is 507 g/mol. The van der Waals surface area contributed by atoms with Gasteiger partial charge in [-0.3, -0.25) is 9.36 Å². The summed E-state index contributed by atoms with van der Waals surface area (Å²) in [5, 5.41) is 16.3. The fourth-order valence-corrected chi connectivity index (χ4v) is 4.64. The number of carbonyl (C=O) groups is 1. The van der Waals surface area contributed by atoms with Crippen molar-refractivity contribution >= 4 is 40.6 Å². The Morgan fingerprint density at radius 3 is 2.49 bits per heavy atom. The first-order valence-electron chi connectivity index (χ1n) is 11.0. The van der Waals surface area contributed by atoms with Crippen molar-refractivity contribution in [1.29, 1.82) is 0 Å². The van der Waals surface area contributed by atoms with Gasteiger partial charge >= 0.3 is 0 Å². The highest BCUT2D eigenvalue weighted by Crippen LogP contribution is 2.29. The number of nitrogens with zero attached hydrogens (tertiary/aromatic N) is 3. The summed E-state index contributed by atoms with van der Waals surface area (Å²) < 4.78 is 7.28. The maximum Gasteiger partial charge on any atom is 0.234 e. The highest BCUT2D eigenvalue weighted by atomic mass is 35.5. The number of benzene rings is 3. The minimum Gasteiger partial charge on any atom is -0.495 e. The van der Waals surface area contributed by atoms with E-state index in [1.54, 1.807) is 25.3 Å². The van der Waals surface area contributed by atoms with Gasteiger partial charge in [0, 0.05) is 16.4 Å². The largest absolute Gasteiger partial charge is 0.495 e. The minimum absolute atomic E-state index is 0.144. The number of aromatic nitrogens is 3. The van der Waals surface area contributed by atoms with Gasteiger partial charge in [-0.2, -0.15) is 0 Å². The lowest BCUT2D eigenvalue weighted by Gasteiger charge is -2.14. The predicted molar refractivity (Wildman–Crippen MR) is 142 cm³/mol. The Hall–Kier alpha value is -3.49. The van der Waals surface area contributed by atoms with Crippen molar-refractivity contribution in [1.82, 2.24) is 14.8 Å².